The molecular weight excluding hydrogens is 727 g/mol. The van der Waals surface area contributed by atoms with Gasteiger partial charge < -0.3 is 18.8 Å². The Morgan fingerprint density at radius 2 is 1.29 bits per heavy atom. The van der Waals surface area contributed by atoms with Crippen LogP contribution in [-0.4, -0.2) is 11.3 Å². The maximum atomic E-state index is 10.8. The fraction of sp³-hybridized carbons (Fsp3) is 0. The molecule has 58 heavy (non-hydrogen) atoms. The third kappa shape index (κ3) is 3.76. The number of para-hydroxylation sites is 3. The molecule has 0 saturated heterocycles. The van der Waals surface area contributed by atoms with Gasteiger partial charge in [-0.05, 0) is 82.7 Å². The predicted octanol–water partition coefficient (Wildman–Crippen LogP) is 11.8. The van der Waals surface area contributed by atoms with Crippen LogP contribution in [0.5, 0.6) is 0 Å². The molecule has 3 aliphatic heterocycles. The molecule has 5 nitrogen and oxygen atoms in total. The number of nitrogens with zero attached hydrogens (tertiary/aromatic N) is 4. The lowest BCUT2D eigenvalue weighted by molar-refractivity contribution is 0.651. The molecule has 6 heterocycles. The van der Waals surface area contributed by atoms with Crippen molar-refractivity contribution < 1.29 is 4.42 Å². The Morgan fingerprint density at radius 1 is 0.534 bits per heavy atom. The predicted molar refractivity (Wildman–Crippen MR) is 241 cm³/mol. The molecule has 0 spiro atoms. The molecular formula is C51H27BN4OS. The summed E-state index contributed by atoms with van der Waals surface area (Å²) >= 11 is 1.82. The molecule has 0 radical (unpaired) electrons. The lowest BCUT2D eigenvalue weighted by Crippen LogP contribution is -2.61. The van der Waals surface area contributed by atoms with E-state index in [2.05, 4.69) is 184 Å². The van der Waals surface area contributed by atoms with Gasteiger partial charge in [-0.1, -0.05) is 103 Å². The van der Waals surface area contributed by atoms with Crippen LogP contribution in [0.3, 0.4) is 0 Å². The Balaban J connectivity index is 1.13. The van der Waals surface area contributed by atoms with E-state index in [-0.39, 0.29) is 6.71 Å². The summed E-state index contributed by atoms with van der Waals surface area (Å²) in [5, 5.41) is 16.8. The van der Waals surface area contributed by atoms with Crippen molar-refractivity contribution in [3.05, 3.63) is 169 Å². The Morgan fingerprint density at radius 3 is 2.19 bits per heavy atom. The minimum absolute atomic E-state index is 0.224. The summed E-state index contributed by atoms with van der Waals surface area (Å²) in [5.74, 6) is 0. The van der Waals surface area contributed by atoms with Crippen molar-refractivity contribution in [2.45, 2.75) is 0 Å². The Labute approximate surface area is 336 Å². The number of hydrogen-bond acceptors (Lipinski definition) is 5. The number of nitriles is 1. The average Bonchev–Trinajstić information content (AvgIpc) is 3.96. The van der Waals surface area contributed by atoms with Crippen LogP contribution in [0, 0.1) is 11.3 Å². The molecule has 11 aromatic rings. The molecule has 0 aliphatic carbocycles. The van der Waals surface area contributed by atoms with Crippen LogP contribution in [-0.2, 0) is 0 Å². The highest BCUT2D eigenvalue weighted by Gasteiger charge is 2.49. The van der Waals surface area contributed by atoms with Gasteiger partial charge in [0.25, 0.3) is 6.71 Å². The largest absolute Gasteiger partial charge is 0.468 e. The van der Waals surface area contributed by atoms with Crippen LogP contribution < -0.4 is 26.4 Å². The first kappa shape index (κ1) is 30.7. The number of thiophene rings is 1. The molecule has 0 fully saturated rings. The van der Waals surface area contributed by atoms with Crippen molar-refractivity contribution in [3.8, 4) is 22.9 Å². The number of fused-ring (bicyclic) bond motifs is 14. The van der Waals surface area contributed by atoms with Gasteiger partial charge in [0.1, 0.15) is 5.58 Å². The van der Waals surface area contributed by atoms with Gasteiger partial charge in [-0.15, -0.1) is 11.3 Å². The molecule has 0 atom stereocenters. The van der Waals surface area contributed by atoms with E-state index in [0.717, 1.165) is 73.0 Å². The zero-order valence-electron chi connectivity index (χ0n) is 30.8. The van der Waals surface area contributed by atoms with E-state index < -0.39 is 0 Å². The van der Waals surface area contributed by atoms with Crippen LogP contribution in [0.15, 0.2) is 168 Å². The lowest BCUT2D eigenvalue weighted by Gasteiger charge is -2.44. The summed E-state index contributed by atoms with van der Waals surface area (Å²) in [6.07, 6.45) is 0. The van der Waals surface area contributed by atoms with Crippen molar-refractivity contribution in [1.82, 2.24) is 4.57 Å². The minimum Gasteiger partial charge on any atom is -0.468 e. The second-order valence-electron chi connectivity index (χ2n) is 15.6. The van der Waals surface area contributed by atoms with E-state index in [4.69, 9.17) is 4.42 Å². The average molecular weight is 755 g/mol. The fourth-order valence-corrected chi connectivity index (χ4v) is 11.5. The van der Waals surface area contributed by atoms with Crippen molar-refractivity contribution in [1.29, 1.82) is 5.26 Å². The second-order valence-corrected chi connectivity index (χ2v) is 16.6. The fourth-order valence-electron chi connectivity index (χ4n) is 10.4. The minimum atomic E-state index is -0.224. The summed E-state index contributed by atoms with van der Waals surface area (Å²) in [5.41, 5.74) is 16.7. The van der Waals surface area contributed by atoms with Crippen molar-refractivity contribution in [3.63, 3.8) is 0 Å². The number of rotatable bonds is 2. The van der Waals surface area contributed by atoms with E-state index in [0.29, 0.717) is 5.56 Å². The molecule has 8 aromatic carbocycles. The number of benzene rings is 8. The first-order chi connectivity index (χ1) is 28.7. The third-order valence-corrected chi connectivity index (χ3v) is 13.8. The number of furan rings is 1. The zero-order valence-corrected chi connectivity index (χ0v) is 31.6. The van der Waals surface area contributed by atoms with Crippen LogP contribution in [0.25, 0.3) is 69.8 Å². The van der Waals surface area contributed by atoms with Crippen molar-refractivity contribution >= 4 is 122 Å². The van der Waals surface area contributed by atoms with Gasteiger partial charge in [0.2, 0.25) is 0 Å². The molecule has 0 unspecified atom stereocenters. The van der Waals surface area contributed by atoms with Gasteiger partial charge >= 0.3 is 0 Å². The normalized spacial score (nSPS) is 13.4. The Hall–Kier alpha value is -7.53. The molecule has 3 aromatic heterocycles. The van der Waals surface area contributed by atoms with E-state index in [1.807, 2.05) is 11.3 Å². The molecule has 0 N–H and O–H groups in total. The van der Waals surface area contributed by atoms with Crippen LogP contribution >= 0.6 is 11.3 Å². The van der Waals surface area contributed by atoms with Crippen LogP contribution in [0.2, 0.25) is 0 Å². The van der Waals surface area contributed by atoms with Gasteiger partial charge in [-0.3, -0.25) is 0 Å². The maximum absolute atomic E-state index is 10.8. The summed E-state index contributed by atoms with van der Waals surface area (Å²) < 4.78 is 12.1. The summed E-state index contributed by atoms with van der Waals surface area (Å²) in [6.45, 7) is -0.224. The maximum Gasteiger partial charge on any atom is 0.297 e. The van der Waals surface area contributed by atoms with Crippen LogP contribution in [0.1, 0.15) is 5.56 Å². The van der Waals surface area contributed by atoms with Crippen molar-refractivity contribution in [2.24, 2.45) is 0 Å². The molecule has 0 amide bonds. The summed E-state index contributed by atoms with van der Waals surface area (Å²) in [7, 11) is 0. The monoisotopic (exact) mass is 754 g/mol. The number of hydrogen-bond donors (Lipinski definition) is 0. The summed E-state index contributed by atoms with van der Waals surface area (Å²) in [6, 6.07) is 61.4. The molecule has 14 rings (SSSR count). The number of aromatic nitrogens is 1. The van der Waals surface area contributed by atoms with Gasteiger partial charge in [0, 0.05) is 53.4 Å². The molecule has 3 aliphatic rings. The highest BCUT2D eigenvalue weighted by atomic mass is 32.1. The van der Waals surface area contributed by atoms with Crippen molar-refractivity contribution in [2.75, 3.05) is 9.80 Å². The highest BCUT2D eigenvalue weighted by Crippen LogP contribution is 2.53. The molecule has 0 bridgehead atoms. The lowest BCUT2D eigenvalue weighted by atomic mass is 9.35. The topological polar surface area (TPSA) is 48.3 Å². The Bertz CT molecular complexity index is 3680. The molecule has 0 saturated carbocycles. The zero-order chi connectivity index (χ0) is 37.8. The third-order valence-electron chi connectivity index (χ3n) is 12.7. The van der Waals surface area contributed by atoms with Crippen LogP contribution in [0.4, 0.5) is 34.1 Å². The summed E-state index contributed by atoms with van der Waals surface area (Å²) in [4.78, 5) is 4.81. The first-order valence-corrected chi connectivity index (χ1v) is 20.4. The molecule has 266 valence electrons. The smallest absolute Gasteiger partial charge is 0.297 e. The van der Waals surface area contributed by atoms with E-state index in [1.165, 1.54) is 47.4 Å². The quantitative estimate of drug-likeness (QED) is 0.165. The Kier molecular flexibility index (Phi) is 5.74. The van der Waals surface area contributed by atoms with E-state index in [1.54, 1.807) is 0 Å². The SMILES string of the molecule is N#Cc1cc2c3c(c1)N1c4c(cccc4-n4c5ccccc5c5cccc1c54)B3c1oc3ccc(-c4ccccc4)cc3c1N2c1ccc2c(c1)sc1ccccc12. The van der Waals surface area contributed by atoms with Gasteiger partial charge in [-0.25, -0.2) is 0 Å². The highest BCUT2D eigenvalue weighted by molar-refractivity contribution is 7.25. The first-order valence-electron chi connectivity index (χ1n) is 19.6. The second kappa shape index (κ2) is 10.9. The van der Waals surface area contributed by atoms with Gasteiger partial charge in [0.15, 0.2) is 0 Å². The van der Waals surface area contributed by atoms with Gasteiger partial charge in [-0.2, -0.15) is 5.26 Å². The number of anilines is 6. The van der Waals surface area contributed by atoms with E-state index >= 15 is 0 Å². The standard InChI is InChI=1S/C51H27BN4OS/c53-28-29-24-42-47-43(25-29)56-40-17-8-14-36-33-12-4-6-16-39(33)55(48(36)40)41-18-9-15-38(50(41)56)52(47)51-49(37-26-31(20-23-44(37)57-51)30-10-2-1-3-11-30)54(42)32-21-22-35-34-13-5-7-19-45(34)58-46(35)27-32/h1-27H. The van der Waals surface area contributed by atoms with Gasteiger partial charge in [0.05, 0.1) is 51.1 Å². The van der Waals surface area contributed by atoms with E-state index in [9.17, 15) is 5.26 Å². The molecule has 7 heteroatoms.